The van der Waals surface area contributed by atoms with Crippen molar-refractivity contribution in [3.8, 4) is 5.88 Å². The predicted octanol–water partition coefficient (Wildman–Crippen LogP) is 3.17. The van der Waals surface area contributed by atoms with Gasteiger partial charge in [-0.3, -0.25) is 4.98 Å². The Morgan fingerprint density at radius 1 is 1.33 bits per heavy atom. The van der Waals surface area contributed by atoms with Gasteiger partial charge in [0.05, 0.1) is 12.6 Å². The number of carbonyl (C=O) groups excluding carboxylic acids is 1. The van der Waals surface area contributed by atoms with Gasteiger partial charge in [-0.15, -0.1) is 0 Å². The maximum Gasteiger partial charge on any atom is 0.317 e. The molecule has 0 fully saturated rings. The zero-order valence-corrected chi connectivity index (χ0v) is 14.4. The summed E-state index contributed by atoms with van der Waals surface area (Å²) in [5.74, 6) is 0.606. The first-order valence-corrected chi connectivity index (χ1v) is 8.10. The Morgan fingerprint density at radius 3 is 2.79 bits per heavy atom. The SMILES string of the molecule is CCCOc1ccc(CNC(=O)N(C)[C@H](C)c2cccnc2)cn1. The van der Waals surface area contributed by atoms with Crippen molar-refractivity contribution in [1.29, 1.82) is 0 Å². The summed E-state index contributed by atoms with van der Waals surface area (Å²) in [6.45, 7) is 5.09. The number of pyridine rings is 2. The highest BCUT2D eigenvalue weighted by atomic mass is 16.5. The Morgan fingerprint density at radius 2 is 2.17 bits per heavy atom. The monoisotopic (exact) mass is 328 g/mol. The number of nitrogens with zero attached hydrogens (tertiary/aromatic N) is 3. The molecule has 0 radical (unpaired) electrons. The van der Waals surface area contributed by atoms with Gasteiger partial charge in [-0.2, -0.15) is 0 Å². The van der Waals surface area contributed by atoms with Gasteiger partial charge in [-0.05, 0) is 30.5 Å². The second-order valence-corrected chi connectivity index (χ2v) is 5.59. The van der Waals surface area contributed by atoms with Crippen LogP contribution in [0.15, 0.2) is 42.9 Å². The number of amides is 2. The van der Waals surface area contributed by atoms with Crippen molar-refractivity contribution in [3.05, 3.63) is 54.0 Å². The highest BCUT2D eigenvalue weighted by Crippen LogP contribution is 2.17. The van der Waals surface area contributed by atoms with Gasteiger partial charge in [0.1, 0.15) is 0 Å². The van der Waals surface area contributed by atoms with Gasteiger partial charge in [0.25, 0.3) is 0 Å². The second-order valence-electron chi connectivity index (χ2n) is 5.59. The molecule has 0 aromatic carbocycles. The fourth-order valence-corrected chi connectivity index (χ4v) is 2.13. The van der Waals surface area contributed by atoms with E-state index in [0.717, 1.165) is 17.5 Å². The van der Waals surface area contributed by atoms with E-state index < -0.39 is 0 Å². The number of nitrogens with one attached hydrogen (secondary N) is 1. The molecule has 2 aromatic heterocycles. The number of rotatable bonds is 7. The largest absolute Gasteiger partial charge is 0.478 e. The first-order chi connectivity index (χ1) is 11.6. The van der Waals surface area contributed by atoms with Crippen LogP contribution in [0, 0.1) is 0 Å². The van der Waals surface area contributed by atoms with Crippen LogP contribution in [0.1, 0.15) is 37.4 Å². The van der Waals surface area contributed by atoms with E-state index in [0.29, 0.717) is 19.0 Å². The van der Waals surface area contributed by atoms with Crippen LogP contribution >= 0.6 is 0 Å². The third-order valence-corrected chi connectivity index (χ3v) is 3.76. The van der Waals surface area contributed by atoms with E-state index in [-0.39, 0.29) is 12.1 Å². The molecule has 0 aliphatic carbocycles. The molecule has 2 amide bonds. The highest BCUT2D eigenvalue weighted by molar-refractivity contribution is 5.74. The van der Waals surface area contributed by atoms with Crippen molar-refractivity contribution in [3.63, 3.8) is 0 Å². The standard InChI is InChI=1S/C18H24N4O2/c1-4-10-24-17-8-7-15(11-20-17)12-21-18(23)22(3)14(2)16-6-5-9-19-13-16/h5-9,11,13-14H,4,10,12H2,1-3H3,(H,21,23)/t14-/m1/s1. The molecule has 6 heteroatoms. The zero-order chi connectivity index (χ0) is 17.4. The van der Waals surface area contributed by atoms with Crippen LogP contribution < -0.4 is 10.1 Å². The molecule has 0 spiro atoms. The first-order valence-electron chi connectivity index (χ1n) is 8.10. The number of hydrogen-bond acceptors (Lipinski definition) is 4. The smallest absolute Gasteiger partial charge is 0.317 e. The summed E-state index contributed by atoms with van der Waals surface area (Å²) in [5, 5.41) is 2.90. The Bertz CT molecular complexity index is 631. The number of ether oxygens (including phenoxy) is 1. The van der Waals surface area contributed by atoms with Crippen molar-refractivity contribution in [2.24, 2.45) is 0 Å². The van der Waals surface area contributed by atoms with Gasteiger partial charge < -0.3 is 15.0 Å². The van der Waals surface area contributed by atoms with Crippen LogP contribution in [0.25, 0.3) is 0 Å². The molecule has 2 aromatic rings. The van der Waals surface area contributed by atoms with Crippen LogP contribution in [-0.2, 0) is 6.54 Å². The quantitative estimate of drug-likeness (QED) is 0.848. The van der Waals surface area contributed by atoms with Crippen LogP contribution in [0.4, 0.5) is 4.79 Å². The van der Waals surface area contributed by atoms with E-state index >= 15 is 0 Å². The third-order valence-electron chi connectivity index (χ3n) is 3.76. The Balaban J connectivity index is 1.85. The summed E-state index contributed by atoms with van der Waals surface area (Å²) in [6, 6.07) is 7.35. The summed E-state index contributed by atoms with van der Waals surface area (Å²) >= 11 is 0. The zero-order valence-electron chi connectivity index (χ0n) is 14.4. The molecule has 1 atom stereocenters. The second kappa shape index (κ2) is 8.86. The molecule has 2 rings (SSSR count). The van der Waals surface area contributed by atoms with Gasteiger partial charge in [0, 0.05) is 38.2 Å². The van der Waals surface area contributed by atoms with Crippen molar-refractivity contribution in [2.75, 3.05) is 13.7 Å². The average Bonchev–Trinajstić information content (AvgIpc) is 2.64. The average molecular weight is 328 g/mol. The minimum atomic E-state index is -0.141. The Kier molecular flexibility index (Phi) is 6.54. The minimum absolute atomic E-state index is 0.0540. The fraction of sp³-hybridized carbons (Fsp3) is 0.389. The molecular formula is C18H24N4O2. The summed E-state index contributed by atoms with van der Waals surface area (Å²) in [7, 11) is 1.77. The van der Waals surface area contributed by atoms with Crippen molar-refractivity contribution in [2.45, 2.75) is 32.9 Å². The van der Waals surface area contributed by atoms with Gasteiger partial charge in [0.15, 0.2) is 0 Å². The number of hydrogen-bond donors (Lipinski definition) is 1. The predicted molar refractivity (Wildman–Crippen MR) is 92.7 cm³/mol. The topological polar surface area (TPSA) is 67.3 Å². The lowest BCUT2D eigenvalue weighted by molar-refractivity contribution is 0.194. The van der Waals surface area contributed by atoms with E-state index in [2.05, 4.69) is 15.3 Å². The Labute approximate surface area is 142 Å². The first kappa shape index (κ1) is 17.7. The van der Waals surface area contributed by atoms with E-state index in [1.165, 1.54) is 0 Å². The molecule has 2 heterocycles. The molecule has 0 saturated heterocycles. The van der Waals surface area contributed by atoms with Crippen molar-refractivity contribution < 1.29 is 9.53 Å². The molecule has 0 saturated carbocycles. The third kappa shape index (κ3) is 4.94. The number of aromatic nitrogens is 2. The van der Waals surface area contributed by atoms with Gasteiger partial charge in [-0.25, -0.2) is 9.78 Å². The molecule has 128 valence electrons. The van der Waals surface area contributed by atoms with Crippen molar-refractivity contribution >= 4 is 6.03 Å². The molecule has 0 aliphatic heterocycles. The maximum absolute atomic E-state index is 12.3. The normalized spacial score (nSPS) is 11.6. The maximum atomic E-state index is 12.3. The summed E-state index contributed by atoms with van der Waals surface area (Å²) in [4.78, 5) is 22.3. The van der Waals surface area contributed by atoms with Gasteiger partial charge >= 0.3 is 6.03 Å². The molecule has 6 nitrogen and oxygen atoms in total. The van der Waals surface area contributed by atoms with Gasteiger partial charge in [-0.1, -0.05) is 19.1 Å². The summed E-state index contributed by atoms with van der Waals surface area (Å²) < 4.78 is 5.44. The molecule has 24 heavy (non-hydrogen) atoms. The lowest BCUT2D eigenvalue weighted by Crippen LogP contribution is -2.38. The van der Waals surface area contributed by atoms with E-state index in [4.69, 9.17) is 4.74 Å². The molecule has 0 unspecified atom stereocenters. The number of urea groups is 1. The highest BCUT2D eigenvalue weighted by Gasteiger charge is 2.17. The lowest BCUT2D eigenvalue weighted by atomic mass is 10.1. The van der Waals surface area contributed by atoms with Crippen LogP contribution in [0.2, 0.25) is 0 Å². The minimum Gasteiger partial charge on any atom is -0.478 e. The summed E-state index contributed by atoms with van der Waals surface area (Å²) in [6.07, 6.45) is 6.15. The molecule has 0 aliphatic rings. The van der Waals surface area contributed by atoms with E-state index in [1.54, 1.807) is 30.5 Å². The molecule has 1 N–H and O–H groups in total. The summed E-state index contributed by atoms with van der Waals surface area (Å²) in [5.41, 5.74) is 1.92. The van der Waals surface area contributed by atoms with Crippen molar-refractivity contribution in [1.82, 2.24) is 20.2 Å². The number of carbonyl (C=O) groups is 1. The van der Waals surface area contributed by atoms with E-state index in [9.17, 15) is 4.79 Å². The van der Waals surface area contributed by atoms with Crippen LogP contribution in [-0.4, -0.2) is 34.6 Å². The Hall–Kier alpha value is -2.63. The molecule has 0 bridgehead atoms. The van der Waals surface area contributed by atoms with E-state index in [1.807, 2.05) is 38.1 Å². The fourth-order valence-electron chi connectivity index (χ4n) is 2.13. The van der Waals surface area contributed by atoms with Gasteiger partial charge in [0.2, 0.25) is 5.88 Å². The lowest BCUT2D eigenvalue weighted by Gasteiger charge is -2.25. The van der Waals surface area contributed by atoms with Crippen LogP contribution in [0.5, 0.6) is 5.88 Å². The molecular weight excluding hydrogens is 304 g/mol. The van der Waals surface area contributed by atoms with Crippen LogP contribution in [0.3, 0.4) is 0 Å².